The number of benzene rings is 1. The van der Waals surface area contributed by atoms with E-state index in [-0.39, 0.29) is 18.2 Å². The van der Waals surface area contributed by atoms with Crippen LogP contribution in [0.25, 0.3) is 5.78 Å². The number of hydrazine groups is 1. The lowest BCUT2D eigenvalue weighted by molar-refractivity contribution is -0.121. The average molecular weight is 417 g/mol. The molecular weight excluding hydrogens is 400 g/mol. The van der Waals surface area contributed by atoms with Gasteiger partial charge in [-0.05, 0) is 53.9 Å². The second-order valence-electron chi connectivity index (χ2n) is 5.72. The lowest BCUT2D eigenvalue weighted by Crippen LogP contribution is -2.41. The van der Waals surface area contributed by atoms with Crippen molar-refractivity contribution in [3.8, 4) is 0 Å². The lowest BCUT2D eigenvalue weighted by atomic mass is 10.1. The molecule has 3 aromatic rings. The number of hydrogen-bond acceptors (Lipinski definition) is 5. The summed E-state index contributed by atoms with van der Waals surface area (Å²) in [4.78, 5) is 32.6. The number of fused-ring (bicyclic) bond motifs is 1. The molecule has 0 atom stereocenters. The Morgan fingerprint density at radius 3 is 2.73 bits per heavy atom. The summed E-state index contributed by atoms with van der Waals surface area (Å²) >= 11 is 3.30. The maximum Gasteiger partial charge on any atom is 0.270 e. The molecule has 0 bridgehead atoms. The van der Waals surface area contributed by atoms with Gasteiger partial charge in [-0.25, -0.2) is 9.50 Å². The van der Waals surface area contributed by atoms with Crippen molar-refractivity contribution in [1.29, 1.82) is 0 Å². The summed E-state index contributed by atoms with van der Waals surface area (Å²) in [6, 6.07) is 6.98. The summed E-state index contributed by atoms with van der Waals surface area (Å²) in [7, 11) is 0. The normalized spacial score (nSPS) is 10.7. The fraction of sp³-hybridized carbons (Fsp3) is 0.235. The van der Waals surface area contributed by atoms with E-state index in [4.69, 9.17) is 0 Å². The number of aryl methyl sites for hydroxylation is 2. The van der Waals surface area contributed by atoms with E-state index in [0.717, 1.165) is 17.0 Å². The molecule has 2 N–H and O–H groups in total. The molecule has 0 saturated carbocycles. The fourth-order valence-electron chi connectivity index (χ4n) is 2.66. The predicted octanol–water partition coefficient (Wildman–Crippen LogP) is 1.90. The highest BCUT2D eigenvalue weighted by atomic mass is 79.9. The summed E-state index contributed by atoms with van der Waals surface area (Å²) in [5.41, 5.74) is 7.95. The van der Waals surface area contributed by atoms with Crippen LogP contribution in [0.4, 0.5) is 0 Å². The highest BCUT2D eigenvalue weighted by Crippen LogP contribution is 2.16. The minimum Gasteiger partial charge on any atom is -0.273 e. The maximum absolute atomic E-state index is 12.1. The van der Waals surface area contributed by atoms with Crippen LogP contribution in [0.3, 0.4) is 0 Å². The zero-order valence-electron chi connectivity index (χ0n) is 14.3. The van der Waals surface area contributed by atoms with Crippen LogP contribution in [0.2, 0.25) is 0 Å². The molecule has 134 valence electrons. The predicted molar refractivity (Wildman–Crippen MR) is 98.3 cm³/mol. The van der Waals surface area contributed by atoms with Crippen LogP contribution in [-0.2, 0) is 11.2 Å². The Kier molecular flexibility index (Phi) is 5.27. The number of rotatable bonds is 4. The molecule has 1 aromatic carbocycles. The molecular formula is C17H17BrN6O2. The van der Waals surface area contributed by atoms with E-state index >= 15 is 0 Å². The summed E-state index contributed by atoms with van der Waals surface area (Å²) in [6.07, 6.45) is 2.14. The van der Waals surface area contributed by atoms with Gasteiger partial charge in [0.05, 0.1) is 5.56 Å². The number of nitrogens with one attached hydrogen (secondary N) is 2. The summed E-state index contributed by atoms with van der Waals surface area (Å²) in [5.74, 6) is -0.138. The molecule has 0 fully saturated rings. The van der Waals surface area contributed by atoms with Gasteiger partial charge in [0.2, 0.25) is 5.91 Å². The van der Waals surface area contributed by atoms with Crippen LogP contribution in [-0.4, -0.2) is 31.4 Å². The molecule has 2 aromatic heterocycles. The molecule has 0 radical (unpaired) electrons. The van der Waals surface area contributed by atoms with Gasteiger partial charge in [-0.15, -0.1) is 0 Å². The second-order valence-corrected chi connectivity index (χ2v) is 6.57. The molecule has 3 rings (SSSR count). The molecule has 9 heteroatoms. The minimum absolute atomic E-state index is 0.208. The Morgan fingerprint density at radius 2 is 1.96 bits per heavy atom. The Bertz CT molecular complexity index is 985. The maximum atomic E-state index is 12.1. The molecule has 0 saturated heterocycles. The molecule has 26 heavy (non-hydrogen) atoms. The molecule has 0 unspecified atom stereocenters. The van der Waals surface area contributed by atoms with Crippen LogP contribution in [0, 0.1) is 13.8 Å². The first kappa shape index (κ1) is 18.0. The van der Waals surface area contributed by atoms with Crippen molar-refractivity contribution < 1.29 is 9.59 Å². The van der Waals surface area contributed by atoms with Gasteiger partial charge in [-0.3, -0.25) is 20.4 Å². The molecule has 0 aliphatic rings. The van der Waals surface area contributed by atoms with E-state index in [2.05, 4.69) is 41.8 Å². The first-order valence-corrected chi connectivity index (χ1v) is 8.76. The molecule has 8 nitrogen and oxygen atoms in total. The molecule has 0 aliphatic carbocycles. The number of hydrogen-bond donors (Lipinski definition) is 2. The van der Waals surface area contributed by atoms with E-state index in [9.17, 15) is 9.59 Å². The number of nitrogens with zero attached hydrogens (tertiary/aromatic N) is 4. The van der Waals surface area contributed by atoms with Crippen molar-refractivity contribution >= 4 is 33.5 Å². The molecule has 0 spiro atoms. The van der Waals surface area contributed by atoms with E-state index in [0.29, 0.717) is 22.2 Å². The van der Waals surface area contributed by atoms with Gasteiger partial charge in [0, 0.05) is 22.3 Å². The number of carbonyl (C=O) groups is 2. The third kappa shape index (κ3) is 3.72. The zero-order chi connectivity index (χ0) is 18.7. The summed E-state index contributed by atoms with van der Waals surface area (Å²) in [5, 5.41) is 4.13. The van der Waals surface area contributed by atoms with Crippen molar-refractivity contribution in [1.82, 2.24) is 30.4 Å². The number of amides is 2. The number of carbonyl (C=O) groups excluding carboxylic acids is 2. The standard InChI is InChI=1S/C17H17BrN6O2/c1-10-12(11(2)24-17(21-10)19-9-20-24)7-8-15(25)22-23-16(26)13-5-3-4-6-14(13)18/h3-6,9H,7-8H2,1-2H3,(H,22,25)(H,23,26). The van der Waals surface area contributed by atoms with E-state index in [1.165, 1.54) is 6.33 Å². The van der Waals surface area contributed by atoms with Gasteiger partial charge in [0.15, 0.2) is 0 Å². The fourth-order valence-corrected chi connectivity index (χ4v) is 3.12. The third-order valence-electron chi connectivity index (χ3n) is 4.02. The summed E-state index contributed by atoms with van der Waals surface area (Å²) in [6.45, 7) is 3.79. The van der Waals surface area contributed by atoms with Gasteiger partial charge in [0.25, 0.3) is 11.7 Å². The van der Waals surface area contributed by atoms with E-state index < -0.39 is 0 Å². The number of halogens is 1. The van der Waals surface area contributed by atoms with Crippen molar-refractivity contribution in [2.24, 2.45) is 0 Å². The van der Waals surface area contributed by atoms with Gasteiger partial charge in [-0.2, -0.15) is 10.1 Å². The van der Waals surface area contributed by atoms with Crippen molar-refractivity contribution in [2.45, 2.75) is 26.7 Å². The van der Waals surface area contributed by atoms with Crippen molar-refractivity contribution in [3.05, 3.63) is 57.6 Å². The first-order chi connectivity index (χ1) is 12.5. The topological polar surface area (TPSA) is 101 Å². The molecule has 2 amide bonds. The SMILES string of the molecule is Cc1nc2ncnn2c(C)c1CCC(=O)NNC(=O)c1ccccc1Br. The average Bonchev–Trinajstić information content (AvgIpc) is 3.08. The highest BCUT2D eigenvalue weighted by Gasteiger charge is 2.14. The minimum atomic E-state index is -0.385. The van der Waals surface area contributed by atoms with E-state index in [1.54, 1.807) is 22.7 Å². The van der Waals surface area contributed by atoms with E-state index in [1.807, 2.05) is 19.9 Å². The molecule has 0 aliphatic heterocycles. The van der Waals surface area contributed by atoms with Gasteiger partial charge < -0.3 is 0 Å². The van der Waals surface area contributed by atoms with Gasteiger partial charge in [-0.1, -0.05) is 12.1 Å². The molecule has 2 heterocycles. The zero-order valence-corrected chi connectivity index (χ0v) is 15.9. The Balaban J connectivity index is 1.59. The second kappa shape index (κ2) is 7.61. The van der Waals surface area contributed by atoms with Crippen molar-refractivity contribution in [3.63, 3.8) is 0 Å². The monoisotopic (exact) mass is 416 g/mol. The van der Waals surface area contributed by atoms with Crippen LogP contribution in [0.1, 0.15) is 33.7 Å². The Hall–Kier alpha value is -2.81. The van der Waals surface area contributed by atoms with Crippen LogP contribution < -0.4 is 10.9 Å². The quantitative estimate of drug-likeness (QED) is 0.632. The van der Waals surface area contributed by atoms with Crippen LogP contribution >= 0.6 is 15.9 Å². The van der Waals surface area contributed by atoms with Gasteiger partial charge in [0.1, 0.15) is 6.33 Å². The van der Waals surface area contributed by atoms with Gasteiger partial charge >= 0.3 is 0 Å². The third-order valence-corrected chi connectivity index (χ3v) is 4.72. The Labute approximate surface area is 158 Å². The van der Waals surface area contributed by atoms with Crippen molar-refractivity contribution in [2.75, 3.05) is 0 Å². The van der Waals surface area contributed by atoms with Crippen LogP contribution in [0.15, 0.2) is 35.1 Å². The number of aromatic nitrogens is 4. The largest absolute Gasteiger partial charge is 0.273 e. The van der Waals surface area contributed by atoms with Crippen LogP contribution in [0.5, 0.6) is 0 Å². The smallest absolute Gasteiger partial charge is 0.270 e. The lowest BCUT2D eigenvalue weighted by Gasteiger charge is -2.11. The highest BCUT2D eigenvalue weighted by molar-refractivity contribution is 9.10. The Morgan fingerprint density at radius 1 is 1.19 bits per heavy atom. The summed E-state index contributed by atoms with van der Waals surface area (Å²) < 4.78 is 2.31. The first-order valence-electron chi connectivity index (χ1n) is 7.97.